The molecule has 0 radical (unpaired) electrons. The highest BCUT2D eigenvalue weighted by Gasteiger charge is 2.23. The lowest BCUT2D eigenvalue weighted by molar-refractivity contribution is -0.115. The number of rotatable bonds is 7. The second-order valence-electron chi connectivity index (χ2n) is 6.51. The molecule has 1 aromatic carbocycles. The lowest BCUT2D eigenvalue weighted by Gasteiger charge is -2.16. The number of fused-ring (bicyclic) bond motifs is 3. The average molecular weight is 427 g/mol. The second kappa shape index (κ2) is 8.42. The summed E-state index contributed by atoms with van der Waals surface area (Å²) in [5.41, 5.74) is 2.82. The standard InChI is InChI=1S/C21H22N4O2S2/c1-4-17(20(26)22-13-8-6-7-9-16(13)27-3)29-21-15-12-18-14(10-11-28-18)25(15)19(5-2)23-24-21/h6-12,17H,4-5H2,1-3H3,(H,22,26). The fraction of sp³-hybridized carbons (Fsp3) is 0.286. The Kier molecular flexibility index (Phi) is 5.73. The number of aryl methyl sites for hydroxylation is 1. The van der Waals surface area contributed by atoms with Gasteiger partial charge in [-0.25, -0.2) is 0 Å². The number of benzene rings is 1. The van der Waals surface area contributed by atoms with Gasteiger partial charge in [-0.05, 0) is 36.1 Å². The first-order chi connectivity index (χ1) is 14.2. The van der Waals surface area contributed by atoms with Crippen molar-refractivity contribution in [1.82, 2.24) is 14.6 Å². The average Bonchev–Trinajstić information content (AvgIpc) is 3.34. The van der Waals surface area contributed by atoms with Crippen molar-refractivity contribution in [2.45, 2.75) is 37.0 Å². The maximum atomic E-state index is 13.0. The molecule has 8 heteroatoms. The molecule has 1 atom stereocenters. The van der Waals surface area contributed by atoms with Crippen molar-refractivity contribution in [2.75, 3.05) is 12.4 Å². The number of para-hydroxylation sites is 2. The first-order valence-corrected chi connectivity index (χ1v) is 11.3. The summed E-state index contributed by atoms with van der Waals surface area (Å²) in [7, 11) is 1.59. The Labute approximate surface area is 177 Å². The highest BCUT2D eigenvalue weighted by Crippen LogP contribution is 2.34. The normalized spacial score (nSPS) is 12.4. The Morgan fingerprint density at radius 1 is 1.24 bits per heavy atom. The second-order valence-corrected chi connectivity index (χ2v) is 8.65. The summed E-state index contributed by atoms with van der Waals surface area (Å²) >= 11 is 3.15. The maximum Gasteiger partial charge on any atom is 0.238 e. The lowest BCUT2D eigenvalue weighted by Crippen LogP contribution is -2.25. The largest absolute Gasteiger partial charge is 0.495 e. The van der Waals surface area contributed by atoms with Gasteiger partial charge < -0.3 is 10.1 Å². The third-order valence-corrected chi connectivity index (χ3v) is 6.95. The van der Waals surface area contributed by atoms with Gasteiger partial charge in [-0.3, -0.25) is 9.20 Å². The minimum Gasteiger partial charge on any atom is -0.495 e. The summed E-state index contributed by atoms with van der Waals surface area (Å²) in [6, 6.07) is 11.7. The van der Waals surface area contributed by atoms with E-state index in [1.165, 1.54) is 16.5 Å². The molecule has 6 nitrogen and oxygen atoms in total. The van der Waals surface area contributed by atoms with Gasteiger partial charge in [0.05, 0.1) is 33.8 Å². The van der Waals surface area contributed by atoms with Gasteiger partial charge in [0.1, 0.15) is 16.6 Å². The fourth-order valence-electron chi connectivity index (χ4n) is 3.29. The molecule has 4 rings (SSSR count). The predicted octanol–water partition coefficient (Wildman–Crippen LogP) is 5.02. The van der Waals surface area contributed by atoms with Crippen LogP contribution in [0.4, 0.5) is 5.69 Å². The van der Waals surface area contributed by atoms with Gasteiger partial charge in [-0.2, -0.15) is 0 Å². The van der Waals surface area contributed by atoms with E-state index in [0.717, 1.165) is 28.3 Å². The smallest absolute Gasteiger partial charge is 0.238 e. The van der Waals surface area contributed by atoms with Gasteiger partial charge in [0.15, 0.2) is 0 Å². The number of nitrogens with one attached hydrogen (secondary N) is 1. The first-order valence-electron chi connectivity index (χ1n) is 9.51. The van der Waals surface area contributed by atoms with E-state index >= 15 is 0 Å². The van der Waals surface area contributed by atoms with Crippen LogP contribution in [0.15, 0.2) is 46.8 Å². The van der Waals surface area contributed by atoms with Crippen LogP contribution in [-0.4, -0.2) is 32.9 Å². The molecule has 0 saturated carbocycles. The van der Waals surface area contributed by atoms with E-state index in [4.69, 9.17) is 4.74 Å². The number of thiophene rings is 1. The fourth-order valence-corrected chi connectivity index (χ4v) is 5.06. The lowest BCUT2D eigenvalue weighted by atomic mass is 10.2. The van der Waals surface area contributed by atoms with Crippen LogP contribution >= 0.6 is 23.1 Å². The predicted molar refractivity (Wildman–Crippen MR) is 119 cm³/mol. The van der Waals surface area contributed by atoms with Crippen molar-refractivity contribution in [2.24, 2.45) is 0 Å². The van der Waals surface area contributed by atoms with Gasteiger partial charge in [-0.15, -0.1) is 21.5 Å². The molecule has 0 fully saturated rings. The number of amides is 1. The topological polar surface area (TPSA) is 68.5 Å². The zero-order valence-corrected chi connectivity index (χ0v) is 18.1. The molecule has 4 aromatic rings. The van der Waals surface area contributed by atoms with Gasteiger partial charge >= 0.3 is 0 Å². The Bertz CT molecular complexity index is 1170. The maximum absolute atomic E-state index is 13.0. The van der Waals surface area contributed by atoms with Crippen LogP contribution in [0.3, 0.4) is 0 Å². The zero-order chi connectivity index (χ0) is 20.4. The molecule has 1 amide bonds. The van der Waals surface area contributed by atoms with Crippen LogP contribution in [0.2, 0.25) is 0 Å². The van der Waals surface area contributed by atoms with E-state index in [0.29, 0.717) is 17.9 Å². The number of hydrogen-bond acceptors (Lipinski definition) is 6. The quantitative estimate of drug-likeness (QED) is 0.420. The van der Waals surface area contributed by atoms with E-state index in [-0.39, 0.29) is 11.2 Å². The van der Waals surface area contributed by atoms with Crippen LogP contribution in [0.5, 0.6) is 5.75 Å². The highest BCUT2D eigenvalue weighted by molar-refractivity contribution is 8.00. The third kappa shape index (κ3) is 3.70. The van der Waals surface area contributed by atoms with E-state index in [2.05, 4.69) is 44.4 Å². The molecule has 3 aromatic heterocycles. The number of thioether (sulfide) groups is 1. The summed E-state index contributed by atoms with van der Waals surface area (Å²) in [6.07, 6.45) is 1.46. The number of hydrogen-bond donors (Lipinski definition) is 1. The van der Waals surface area contributed by atoms with E-state index < -0.39 is 0 Å². The van der Waals surface area contributed by atoms with Crippen LogP contribution in [0, 0.1) is 0 Å². The number of carbonyl (C=O) groups excluding carboxylic acids is 1. The highest BCUT2D eigenvalue weighted by atomic mass is 32.2. The number of carbonyl (C=O) groups is 1. The summed E-state index contributed by atoms with van der Waals surface area (Å²) in [5.74, 6) is 1.49. The molecule has 0 aliphatic heterocycles. The number of ether oxygens (including phenoxy) is 1. The Balaban J connectivity index is 1.65. The summed E-state index contributed by atoms with van der Waals surface area (Å²) in [6.45, 7) is 4.07. The van der Waals surface area contributed by atoms with E-state index in [9.17, 15) is 4.79 Å². The molecule has 0 spiro atoms. The minimum atomic E-state index is -0.293. The van der Waals surface area contributed by atoms with E-state index in [1.54, 1.807) is 18.4 Å². The van der Waals surface area contributed by atoms with Crippen molar-refractivity contribution >= 4 is 50.4 Å². The van der Waals surface area contributed by atoms with Crippen LogP contribution in [0.1, 0.15) is 26.1 Å². The molecule has 1 unspecified atom stereocenters. The van der Waals surface area contributed by atoms with E-state index in [1.807, 2.05) is 31.2 Å². The van der Waals surface area contributed by atoms with Gasteiger partial charge in [-0.1, -0.05) is 37.7 Å². The molecule has 0 bridgehead atoms. The molecular weight excluding hydrogens is 404 g/mol. The van der Waals surface area contributed by atoms with Crippen molar-refractivity contribution in [3.63, 3.8) is 0 Å². The molecular formula is C21H22N4O2S2. The first kappa shape index (κ1) is 19.7. The molecule has 0 aliphatic carbocycles. The van der Waals surface area contributed by atoms with Crippen molar-refractivity contribution < 1.29 is 9.53 Å². The zero-order valence-electron chi connectivity index (χ0n) is 16.5. The number of methoxy groups -OCH3 is 1. The van der Waals surface area contributed by atoms with Crippen molar-refractivity contribution in [3.05, 3.63) is 47.6 Å². The summed E-state index contributed by atoms with van der Waals surface area (Å²) in [4.78, 5) is 13.0. The van der Waals surface area contributed by atoms with Crippen LogP contribution < -0.4 is 10.1 Å². The van der Waals surface area contributed by atoms with Crippen molar-refractivity contribution in [3.8, 4) is 5.75 Å². The van der Waals surface area contributed by atoms with Crippen molar-refractivity contribution in [1.29, 1.82) is 0 Å². The Hall–Kier alpha value is -2.58. The van der Waals surface area contributed by atoms with Gasteiger partial charge in [0.2, 0.25) is 5.91 Å². The molecule has 150 valence electrons. The van der Waals surface area contributed by atoms with Gasteiger partial charge in [0, 0.05) is 6.42 Å². The summed E-state index contributed by atoms with van der Waals surface area (Å²) < 4.78 is 8.70. The number of aromatic nitrogens is 3. The monoisotopic (exact) mass is 426 g/mol. The third-order valence-electron chi connectivity index (χ3n) is 4.75. The Morgan fingerprint density at radius 3 is 2.83 bits per heavy atom. The number of nitrogens with zero attached hydrogens (tertiary/aromatic N) is 3. The van der Waals surface area contributed by atoms with Crippen LogP contribution in [0.25, 0.3) is 15.7 Å². The Morgan fingerprint density at radius 2 is 2.07 bits per heavy atom. The summed E-state index contributed by atoms with van der Waals surface area (Å²) in [5, 5.41) is 14.4. The molecule has 29 heavy (non-hydrogen) atoms. The molecule has 0 saturated heterocycles. The molecule has 1 N–H and O–H groups in total. The van der Waals surface area contributed by atoms with Crippen LogP contribution in [-0.2, 0) is 11.2 Å². The van der Waals surface area contributed by atoms with Gasteiger partial charge in [0.25, 0.3) is 0 Å². The SMILES string of the molecule is CCc1nnc(SC(CC)C(=O)Nc2ccccc2OC)c2cc3sccc3n12. The molecule has 0 aliphatic rings. The molecule has 3 heterocycles. The minimum absolute atomic E-state index is 0.0742. The number of anilines is 1.